The molecule has 8 heteroatoms. The fourth-order valence-corrected chi connectivity index (χ4v) is 7.92. The minimum absolute atomic E-state index is 0.0459. The second kappa shape index (κ2) is 11.8. The van der Waals surface area contributed by atoms with E-state index in [0.717, 1.165) is 27.1 Å². The molecule has 6 aromatic rings. The summed E-state index contributed by atoms with van der Waals surface area (Å²) in [5.74, 6) is 0.983. The van der Waals surface area contributed by atoms with Gasteiger partial charge in [-0.1, -0.05) is 96.6 Å². The summed E-state index contributed by atoms with van der Waals surface area (Å²) in [5.41, 5.74) is 8.38. The normalized spacial score (nSPS) is 11.8. The SMILES string of the molecule is Cc1ccc(S(=O)(=O)N(Cc2ccccc2N)P(Oc2ccc3ccccc3c2)Oc2ccc3ccccc3c2)cc1. The van der Waals surface area contributed by atoms with Gasteiger partial charge in [0.1, 0.15) is 11.5 Å². The molecule has 6 aromatic carbocycles. The lowest BCUT2D eigenvalue weighted by Crippen LogP contribution is -2.30. The molecule has 0 saturated heterocycles. The van der Waals surface area contributed by atoms with Gasteiger partial charge in [-0.3, -0.25) is 0 Å². The van der Waals surface area contributed by atoms with Gasteiger partial charge in [0, 0.05) is 5.69 Å². The van der Waals surface area contributed by atoms with E-state index in [1.165, 1.54) is 4.08 Å². The van der Waals surface area contributed by atoms with Gasteiger partial charge in [0.15, 0.2) is 0 Å². The van der Waals surface area contributed by atoms with Crippen LogP contribution < -0.4 is 14.8 Å². The number of benzene rings is 6. The van der Waals surface area contributed by atoms with E-state index in [1.54, 1.807) is 30.3 Å². The Morgan fingerprint density at radius 2 is 1.14 bits per heavy atom. The first-order valence-corrected chi connectivity index (χ1v) is 16.0. The Morgan fingerprint density at radius 1 is 0.643 bits per heavy atom. The van der Waals surface area contributed by atoms with E-state index in [0.29, 0.717) is 22.7 Å². The number of anilines is 1. The topological polar surface area (TPSA) is 81.9 Å². The number of nitrogens with two attached hydrogens (primary N) is 1. The Kier molecular flexibility index (Phi) is 7.81. The van der Waals surface area contributed by atoms with Crippen molar-refractivity contribution in [2.24, 2.45) is 0 Å². The molecule has 0 unspecified atom stereocenters. The van der Waals surface area contributed by atoms with Crippen LogP contribution >= 0.6 is 8.53 Å². The Hall–Kier alpha value is -4.42. The van der Waals surface area contributed by atoms with Crippen molar-refractivity contribution in [3.05, 3.63) is 145 Å². The molecule has 0 saturated carbocycles. The first-order chi connectivity index (χ1) is 20.4. The fourth-order valence-electron chi connectivity index (χ4n) is 4.62. The van der Waals surface area contributed by atoms with Crippen molar-refractivity contribution in [2.45, 2.75) is 18.4 Å². The Labute approximate surface area is 247 Å². The molecular weight excluding hydrogens is 563 g/mol. The van der Waals surface area contributed by atoms with Crippen LogP contribution in [0.3, 0.4) is 0 Å². The van der Waals surface area contributed by atoms with Crippen molar-refractivity contribution >= 4 is 45.8 Å². The van der Waals surface area contributed by atoms with E-state index in [2.05, 4.69) is 0 Å². The maximum atomic E-state index is 14.3. The van der Waals surface area contributed by atoms with Crippen LogP contribution in [-0.4, -0.2) is 12.5 Å². The average Bonchev–Trinajstić information content (AvgIpc) is 3.00. The standard InChI is InChI=1S/C34H29N2O4PS/c1-25-14-20-33(21-15-25)42(37,38)36(24-30-12-6-7-13-34(30)35)41(39-31-18-16-26-8-2-4-10-28(26)22-31)40-32-19-17-27-9-3-5-11-29(27)23-32/h2-23H,24,35H2,1H3. The predicted octanol–water partition coefficient (Wildman–Crippen LogP) is 8.46. The van der Waals surface area contributed by atoms with E-state index in [-0.39, 0.29) is 11.4 Å². The van der Waals surface area contributed by atoms with Crippen molar-refractivity contribution in [2.75, 3.05) is 5.73 Å². The average molecular weight is 593 g/mol. The highest BCUT2D eigenvalue weighted by Gasteiger charge is 2.38. The summed E-state index contributed by atoms with van der Waals surface area (Å²) in [5, 5.41) is 4.03. The maximum Gasteiger partial charge on any atom is 0.399 e. The van der Waals surface area contributed by atoms with Gasteiger partial charge in [0.05, 0.1) is 11.4 Å². The minimum atomic E-state index is -4.10. The number of hydrogen-bond acceptors (Lipinski definition) is 5. The number of fused-ring (bicyclic) bond motifs is 2. The van der Waals surface area contributed by atoms with Gasteiger partial charge in [0.25, 0.3) is 10.0 Å². The lowest BCUT2D eigenvalue weighted by Gasteiger charge is -2.29. The van der Waals surface area contributed by atoms with Crippen LogP contribution in [0.1, 0.15) is 11.1 Å². The fraction of sp³-hybridized carbons (Fsp3) is 0.0588. The summed E-state index contributed by atoms with van der Waals surface area (Å²) >= 11 is 0. The molecule has 2 N–H and O–H groups in total. The number of para-hydroxylation sites is 1. The van der Waals surface area contributed by atoms with Crippen LogP contribution in [-0.2, 0) is 16.6 Å². The number of aryl methyl sites for hydroxylation is 1. The lowest BCUT2D eigenvalue weighted by molar-refractivity contribution is 0.418. The number of sulfonamides is 1. The van der Waals surface area contributed by atoms with Gasteiger partial charge in [-0.05, 0) is 76.5 Å². The largest absolute Gasteiger partial charge is 0.426 e. The Morgan fingerprint density at radius 3 is 1.69 bits per heavy atom. The first-order valence-electron chi connectivity index (χ1n) is 13.4. The molecule has 0 amide bonds. The van der Waals surface area contributed by atoms with Gasteiger partial charge in [-0.25, -0.2) is 8.42 Å². The summed E-state index contributed by atoms with van der Waals surface area (Å²) in [6.07, 6.45) is 0. The molecule has 0 aromatic heterocycles. The van der Waals surface area contributed by atoms with Crippen molar-refractivity contribution < 1.29 is 17.5 Å². The molecule has 6 nitrogen and oxygen atoms in total. The van der Waals surface area contributed by atoms with Gasteiger partial charge >= 0.3 is 8.53 Å². The van der Waals surface area contributed by atoms with Crippen LogP contribution in [0.25, 0.3) is 21.5 Å². The summed E-state index contributed by atoms with van der Waals surface area (Å²) in [4.78, 5) is 0.138. The van der Waals surface area contributed by atoms with Crippen LogP contribution in [0, 0.1) is 6.92 Å². The number of hydrogen-bond donors (Lipinski definition) is 1. The molecule has 0 aliphatic heterocycles. The van der Waals surface area contributed by atoms with Crippen LogP contribution in [0.4, 0.5) is 5.69 Å². The van der Waals surface area contributed by atoms with Crippen LogP contribution in [0.5, 0.6) is 11.5 Å². The number of rotatable bonds is 9. The second-order valence-corrected chi connectivity index (χ2v) is 13.4. The van der Waals surface area contributed by atoms with Crippen molar-refractivity contribution in [1.82, 2.24) is 4.08 Å². The summed E-state index contributed by atoms with van der Waals surface area (Å²) in [6.45, 7) is 1.87. The van der Waals surface area contributed by atoms with Gasteiger partial charge in [-0.2, -0.15) is 0 Å². The molecule has 0 heterocycles. The van der Waals surface area contributed by atoms with Gasteiger partial charge in [-0.15, -0.1) is 4.08 Å². The zero-order valence-electron chi connectivity index (χ0n) is 22.9. The summed E-state index contributed by atoms with van der Waals surface area (Å²) in [6, 6.07) is 41.1. The van der Waals surface area contributed by atoms with Crippen molar-refractivity contribution in [3.63, 3.8) is 0 Å². The first kappa shape index (κ1) is 27.7. The molecule has 6 rings (SSSR count). The third-order valence-electron chi connectivity index (χ3n) is 6.95. The molecule has 0 aliphatic rings. The second-order valence-electron chi connectivity index (χ2n) is 9.94. The Balaban J connectivity index is 1.47. The van der Waals surface area contributed by atoms with E-state index in [9.17, 15) is 8.42 Å². The molecule has 0 spiro atoms. The van der Waals surface area contributed by atoms with E-state index in [4.69, 9.17) is 14.8 Å². The third-order valence-corrected chi connectivity index (χ3v) is 10.8. The van der Waals surface area contributed by atoms with Crippen LogP contribution in [0.15, 0.2) is 138 Å². The Bertz CT molecular complexity index is 1900. The molecule has 0 fully saturated rings. The number of nitrogen functional groups attached to an aromatic ring is 1. The quantitative estimate of drug-likeness (QED) is 0.135. The van der Waals surface area contributed by atoms with E-state index < -0.39 is 18.5 Å². The minimum Gasteiger partial charge on any atom is -0.426 e. The van der Waals surface area contributed by atoms with Crippen LogP contribution in [0.2, 0.25) is 0 Å². The smallest absolute Gasteiger partial charge is 0.399 e. The van der Waals surface area contributed by atoms with Crippen molar-refractivity contribution in [3.8, 4) is 11.5 Å². The monoisotopic (exact) mass is 592 g/mol. The van der Waals surface area contributed by atoms with E-state index in [1.807, 2.05) is 110 Å². The summed E-state index contributed by atoms with van der Waals surface area (Å²) in [7, 11) is -6.35. The third kappa shape index (κ3) is 5.95. The molecule has 210 valence electrons. The molecular formula is C34H29N2O4PS. The van der Waals surface area contributed by atoms with Crippen molar-refractivity contribution in [1.29, 1.82) is 0 Å². The predicted molar refractivity (Wildman–Crippen MR) is 171 cm³/mol. The van der Waals surface area contributed by atoms with Gasteiger partial charge in [0.2, 0.25) is 0 Å². The molecule has 0 atom stereocenters. The maximum absolute atomic E-state index is 14.3. The molecule has 0 radical (unpaired) electrons. The number of nitrogens with zero attached hydrogens (tertiary/aromatic N) is 1. The summed E-state index contributed by atoms with van der Waals surface area (Å²) < 4.78 is 43.0. The highest BCUT2D eigenvalue weighted by atomic mass is 32.2. The lowest BCUT2D eigenvalue weighted by atomic mass is 10.1. The zero-order valence-corrected chi connectivity index (χ0v) is 24.6. The molecule has 42 heavy (non-hydrogen) atoms. The highest BCUT2D eigenvalue weighted by Crippen LogP contribution is 2.49. The van der Waals surface area contributed by atoms with Gasteiger partial charge < -0.3 is 14.8 Å². The van der Waals surface area contributed by atoms with E-state index >= 15 is 0 Å². The molecule has 0 bridgehead atoms. The highest BCUT2D eigenvalue weighted by molar-refractivity contribution is 7.93. The zero-order chi connectivity index (χ0) is 29.1. The molecule has 0 aliphatic carbocycles.